The monoisotopic (exact) mass is 265 g/mol. The average molecular weight is 265 g/mol. The molecule has 1 aromatic carbocycles. The summed E-state index contributed by atoms with van der Waals surface area (Å²) in [6.45, 7) is 1.93. The molecule has 2 aromatic rings. The first-order valence-corrected chi connectivity index (χ1v) is 7.41. The molecule has 0 saturated heterocycles. The maximum atomic E-state index is 6.07. The van der Waals surface area contributed by atoms with Crippen molar-refractivity contribution >= 4 is 11.5 Å². The summed E-state index contributed by atoms with van der Waals surface area (Å²) in [5.74, 6) is 1.12. The zero-order chi connectivity index (χ0) is 13.5. The number of aryl methyl sites for hydroxylation is 2. The lowest BCUT2D eigenvalue weighted by Crippen LogP contribution is -2.31. The van der Waals surface area contributed by atoms with Crippen LogP contribution in [0.2, 0.25) is 0 Å². The summed E-state index contributed by atoms with van der Waals surface area (Å²) < 4.78 is 0. The molecule has 0 bridgehead atoms. The van der Waals surface area contributed by atoms with E-state index in [0.717, 1.165) is 37.4 Å². The van der Waals surface area contributed by atoms with Crippen molar-refractivity contribution in [1.29, 1.82) is 0 Å². The van der Waals surface area contributed by atoms with Crippen molar-refractivity contribution in [2.45, 2.75) is 32.2 Å². The Hall–Kier alpha value is -2.03. The minimum absolute atomic E-state index is 0.923. The Morgan fingerprint density at radius 2 is 1.95 bits per heavy atom. The van der Waals surface area contributed by atoms with Gasteiger partial charge in [0, 0.05) is 24.5 Å². The first kappa shape index (κ1) is 11.8. The fourth-order valence-corrected chi connectivity index (χ4v) is 3.42. The second kappa shape index (κ2) is 4.51. The molecular weight excluding hydrogens is 246 g/mol. The zero-order valence-electron chi connectivity index (χ0n) is 11.6. The highest BCUT2D eigenvalue weighted by atomic mass is 15.2. The van der Waals surface area contributed by atoms with Crippen LogP contribution >= 0.6 is 0 Å². The second-order valence-corrected chi connectivity index (χ2v) is 5.79. The number of benzene rings is 1. The Balaban J connectivity index is 1.65. The van der Waals surface area contributed by atoms with Gasteiger partial charge in [-0.2, -0.15) is 0 Å². The van der Waals surface area contributed by atoms with E-state index in [1.54, 1.807) is 0 Å². The summed E-state index contributed by atoms with van der Waals surface area (Å²) in [5.41, 5.74) is 12.4. The van der Waals surface area contributed by atoms with E-state index in [1.807, 2.05) is 12.1 Å². The molecule has 0 saturated carbocycles. The van der Waals surface area contributed by atoms with E-state index >= 15 is 0 Å². The molecule has 0 amide bonds. The minimum atomic E-state index is 0.923. The standard InChI is InChI=1S/C17H19N3/c18-15-5-1-4-13-11-20(10-9-14(13)15)17-8-7-12-3-2-6-16(12)19-17/h1,4-5,7-8H,2-3,6,9-11,18H2. The van der Waals surface area contributed by atoms with Gasteiger partial charge in [-0.3, -0.25) is 0 Å². The van der Waals surface area contributed by atoms with Gasteiger partial charge >= 0.3 is 0 Å². The molecule has 0 radical (unpaired) electrons. The lowest BCUT2D eigenvalue weighted by molar-refractivity contribution is 0.720. The largest absolute Gasteiger partial charge is 0.398 e. The number of anilines is 2. The molecule has 3 heteroatoms. The summed E-state index contributed by atoms with van der Waals surface area (Å²) in [7, 11) is 0. The number of hydrogen-bond acceptors (Lipinski definition) is 3. The van der Waals surface area contributed by atoms with Crippen LogP contribution < -0.4 is 10.6 Å². The van der Waals surface area contributed by atoms with Crippen molar-refractivity contribution < 1.29 is 0 Å². The summed E-state index contributed by atoms with van der Waals surface area (Å²) in [6.07, 6.45) is 4.61. The van der Waals surface area contributed by atoms with E-state index in [1.165, 1.54) is 35.2 Å². The normalized spacial score (nSPS) is 16.9. The molecule has 102 valence electrons. The molecule has 0 spiro atoms. The molecule has 20 heavy (non-hydrogen) atoms. The second-order valence-electron chi connectivity index (χ2n) is 5.79. The van der Waals surface area contributed by atoms with Gasteiger partial charge in [0.1, 0.15) is 5.82 Å². The molecule has 0 fully saturated rings. The summed E-state index contributed by atoms with van der Waals surface area (Å²) in [6, 6.07) is 10.7. The van der Waals surface area contributed by atoms with Crippen molar-refractivity contribution in [3.63, 3.8) is 0 Å². The highest BCUT2D eigenvalue weighted by molar-refractivity contribution is 5.55. The lowest BCUT2D eigenvalue weighted by Gasteiger charge is -2.30. The Morgan fingerprint density at radius 1 is 1.00 bits per heavy atom. The van der Waals surface area contributed by atoms with Crippen LogP contribution in [0.15, 0.2) is 30.3 Å². The Kier molecular flexibility index (Phi) is 2.66. The van der Waals surface area contributed by atoms with Crippen molar-refractivity contribution in [2.24, 2.45) is 0 Å². The Labute approximate surface area is 119 Å². The van der Waals surface area contributed by atoms with Crippen LogP contribution in [0.3, 0.4) is 0 Å². The van der Waals surface area contributed by atoms with Crippen LogP contribution in [-0.2, 0) is 25.8 Å². The van der Waals surface area contributed by atoms with Gasteiger partial charge in [-0.15, -0.1) is 0 Å². The topological polar surface area (TPSA) is 42.1 Å². The number of nitrogen functional groups attached to an aromatic ring is 1. The predicted molar refractivity (Wildman–Crippen MR) is 81.9 cm³/mol. The van der Waals surface area contributed by atoms with Crippen LogP contribution in [0.4, 0.5) is 11.5 Å². The van der Waals surface area contributed by atoms with Crippen LogP contribution in [-0.4, -0.2) is 11.5 Å². The summed E-state index contributed by atoms with van der Waals surface area (Å²) in [4.78, 5) is 7.24. The maximum absolute atomic E-state index is 6.07. The summed E-state index contributed by atoms with van der Waals surface area (Å²) >= 11 is 0. The van der Waals surface area contributed by atoms with E-state index in [-0.39, 0.29) is 0 Å². The van der Waals surface area contributed by atoms with E-state index in [0.29, 0.717) is 0 Å². The van der Waals surface area contributed by atoms with Gasteiger partial charge in [0.2, 0.25) is 0 Å². The van der Waals surface area contributed by atoms with Crippen molar-refractivity contribution in [2.75, 3.05) is 17.2 Å². The maximum Gasteiger partial charge on any atom is 0.129 e. The number of fused-ring (bicyclic) bond motifs is 2. The predicted octanol–water partition coefficient (Wildman–Crippen LogP) is 2.72. The van der Waals surface area contributed by atoms with Gasteiger partial charge in [-0.25, -0.2) is 4.98 Å². The average Bonchev–Trinajstić information content (AvgIpc) is 2.94. The van der Waals surface area contributed by atoms with Crippen LogP contribution in [0.1, 0.15) is 28.8 Å². The number of pyridine rings is 1. The molecule has 4 rings (SSSR count). The number of hydrogen-bond donors (Lipinski definition) is 1. The zero-order valence-corrected chi connectivity index (χ0v) is 11.6. The van der Waals surface area contributed by atoms with Gasteiger partial charge in [0.05, 0.1) is 0 Å². The molecule has 3 nitrogen and oxygen atoms in total. The molecule has 0 unspecified atom stereocenters. The highest BCUT2D eigenvalue weighted by Crippen LogP contribution is 2.29. The van der Waals surface area contributed by atoms with Gasteiger partial charge in [-0.1, -0.05) is 18.2 Å². The smallest absolute Gasteiger partial charge is 0.129 e. The number of nitrogens with zero attached hydrogens (tertiary/aromatic N) is 2. The Bertz CT molecular complexity index is 663. The first-order valence-electron chi connectivity index (χ1n) is 7.41. The minimum Gasteiger partial charge on any atom is -0.398 e. The van der Waals surface area contributed by atoms with Gasteiger partial charge in [-0.05, 0) is 54.5 Å². The van der Waals surface area contributed by atoms with E-state index < -0.39 is 0 Å². The molecule has 2 N–H and O–H groups in total. The molecule has 1 aliphatic heterocycles. The molecule has 1 aromatic heterocycles. The third kappa shape index (κ3) is 1.85. The van der Waals surface area contributed by atoms with Crippen LogP contribution in [0.5, 0.6) is 0 Å². The van der Waals surface area contributed by atoms with E-state index in [4.69, 9.17) is 10.7 Å². The van der Waals surface area contributed by atoms with Crippen molar-refractivity contribution in [1.82, 2.24) is 4.98 Å². The van der Waals surface area contributed by atoms with Crippen molar-refractivity contribution in [3.8, 4) is 0 Å². The Morgan fingerprint density at radius 3 is 2.90 bits per heavy atom. The van der Waals surface area contributed by atoms with Gasteiger partial charge in [0.25, 0.3) is 0 Å². The molecular formula is C17H19N3. The number of nitrogens with two attached hydrogens (primary N) is 1. The van der Waals surface area contributed by atoms with Crippen LogP contribution in [0, 0.1) is 0 Å². The SMILES string of the molecule is Nc1cccc2c1CCN(c1ccc3c(n1)CCC3)C2. The van der Waals surface area contributed by atoms with Gasteiger partial charge in [0.15, 0.2) is 0 Å². The lowest BCUT2D eigenvalue weighted by atomic mass is 9.98. The molecule has 0 atom stereocenters. The van der Waals surface area contributed by atoms with Gasteiger partial charge < -0.3 is 10.6 Å². The fraction of sp³-hybridized carbons (Fsp3) is 0.353. The third-order valence-corrected chi connectivity index (χ3v) is 4.54. The third-order valence-electron chi connectivity index (χ3n) is 4.54. The number of rotatable bonds is 1. The van der Waals surface area contributed by atoms with Crippen LogP contribution in [0.25, 0.3) is 0 Å². The quantitative estimate of drug-likeness (QED) is 0.806. The highest BCUT2D eigenvalue weighted by Gasteiger charge is 2.20. The molecule has 2 aliphatic rings. The fourth-order valence-electron chi connectivity index (χ4n) is 3.42. The molecule has 1 aliphatic carbocycles. The van der Waals surface area contributed by atoms with E-state index in [9.17, 15) is 0 Å². The summed E-state index contributed by atoms with van der Waals surface area (Å²) in [5, 5.41) is 0. The van der Waals surface area contributed by atoms with E-state index in [2.05, 4.69) is 23.1 Å². The van der Waals surface area contributed by atoms with Crippen molar-refractivity contribution in [3.05, 3.63) is 52.7 Å². The number of aromatic nitrogens is 1. The first-order chi connectivity index (χ1) is 9.81. The molecule has 2 heterocycles.